The predicted octanol–water partition coefficient (Wildman–Crippen LogP) is 3.05. The molecular weight excluding hydrogens is 240 g/mol. The molecule has 4 nitrogen and oxygen atoms in total. The summed E-state index contributed by atoms with van der Waals surface area (Å²) in [6.45, 7) is 10.7. The normalized spacial score (nSPS) is 14.3. The van der Waals surface area contributed by atoms with Gasteiger partial charge in [0.05, 0.1) is 12.5 Å². The highest BCUT2D eigenvalue weighted by Crippen LogP contribution is 2.32. The van der Waals surface area contributed by atoms with Crippen molar-refractivity contribution < 1.29 is 9.94 Å². The van der Waals surface area contributed by atoms with Crippen LogP contribution in [0.15, 0.2) is 23.4 Å². The molecule has 0 amide bonds. The second-order valence-electron chi connectivity index (χ2n) is 5.99. The van der Waals surface area contributed by atoms with Gasteiger partial charge in [-0.2, -0.15) is 0 Å². The summed E-state index contributed by atoms with van der Waals surface area (Å²) >= 11 is 0. The molecule has 0 radical (unpaired) electrons. The molecular formula is C15H24N2O2. The van der Waals surface area contributed by atoms with Crippen LogP contribution < -0.4 is 10.5 Å². The van der Waals surface area contributed by atoms with Gasteiger partial charge < -0.3 is 15.7 Å². The molecule has 0 aliphatic rings. The molecule has 1 unspecified atom stereocenters. The average Bonchev–Trinajstić information content (AvgIpc) is 2.33. The predicted molar refractivity (Wildman–Crippen MR) is 77.9 cm³/mol. The minimum Gasteiger partial charge on any atom is -0.493 e. The molecule has 19 heavy (non-hydrogen) atoms. The first kappa shape index (κ1) is 15.3. The SMILES string of the molecule is Cc1ccc(C(C)(C)C)c(OCC(C)/C(N)=N/O)c1. The quantitative estimate of drug-likeness (QED) is 0.380. The smallest absolute Gasteiger partial charge is 0.145 e. The van der Waals surface area contributed by atoms with E-state index in [-0.39, 0.29) is 17.2 Å². The van der Waals surface area contributed by atoms with Crippen molar-refractivity contribution in [3.63, 3.8) is 0 Å². The van der Waals surface area contributed by atoms with Crippen LogP contribution in [0.3, 0.4) is 0 Å². The summed E-state index contributed by atoms with van der Waals surface area (Å²) in [5, 5.41) is 11.6. The van der Waals surface area contributed by atoms with Crippen LogP contribution in [0.4, 0.5) is 0 Å². The van der Waals surface area contributed by atoms with Gasteiger partial charge in [-0.3, -0.25) is 0 Å². The number of nitrogens with zero attached hydrogens (tertiary/aromatic N) is 1. The van der Waals surface area contributed by atoms with Crippen LogP contribution in [0.25, 0.3) is 0 Å². The summed E-state index contributed by atoms with van der Waals surface area (Å²) in [4.78, 5) is 0. The molecule has 1 atom stereocenters. The number of amidine groups is 1. The van der Waals surface area contributed by atoms with Crippen molar-refractivity contribution in [1.82, 2.24) is 0 Å². The Morgan fingerprint density at radius 3 is 2.58 bits per heavy atom. The second-order valence-corrected chi connectivity index (χ2v) is 5.99. The first-order valence-corrected chi connectivity index (χ1v) is 6.47. The Morgan fingerprint density at radius 1 is 1.42 bits per heavy atom. The minimum atomic E-state index is -0.127. The van der Waals surface area contributed by atoms with Gasteiger partial charge in [0.1, 0.15) is 11.6 Å². The topological polar surface area (TPSA) is 67.8 Å². The highest BCUT2D eigenvalue weighted by atomic mass is 16.5. The maximum atomic E-state index is 8.64. The van der Waals surface area contributed by atoms with Gasteiger partial charge in [0.15, 0.2) is 0 Å². The van der Waals surface area contributed by atoms with Crippen molar-refractivity contribution in [2.75, 3.05) is 6.61 Å². The van der Waals surface area contributed by atoms with E-state index in [9.17, 15) is 0 Å². The maximum absolute atomic E-state index is 8.64. The molecule has 1 aromatic carbocycles. The van der Waals surface area contributed by atoms with Crippen LogP contribution >= 0.6 is 0 Å². The maximum Gasteiger partial charge on any atom is 0.145 e. The highest BCUT2D eigenvalue weighted by Gasteiger charge is 2.19. The van der Waals surface area contributed by atoms with Gasteiger partial charge in [-0.25, -0.2) is 0 Å². The standard InChI is InChI=1S/C15H24N2O2/c1-10-6-7-12(15(3,4)5)13(8-10)19-9-11(2)14(16)17-18/h6-8,11,18H,9H2,1-5H3,(H2,16,17). The summed E-state index contributed by atoms with van der Waals surface area (Å²) in [6.07, 6.45) is 0. The number of hydrogen-bond donors (Lipinski definition) is 2. The molecule has 0 saturated carbocycles. The number of benzene rings is 1. The zero-order chi connectivity index (χ0) is 14.6. The second kappa shape index (κ2) is 5.95. The Bertz CT molecular complexity index is 462. The average molecular weight is 264 g/mol. The first-order valence-electron chi connectivity index (χ1n) is 6.47. The van der Waals surface area contributed by atoms with Gasteiger partial charge in [0.2, 0.25) is 0 Å². The van der Waals surface area contributed by atoms with Crippen LogP contribution in [-0.2, 0) is 5.41 Å². The van der Waals surface area contributed by atoms with Crippen molar-refractivity contribution >= 4 is 5.84 Å². The van der Waals surface area contributed by atoms with E-state index in [1.165, 1.54) is 0 Å². The fourth-order valence-electron chi connectivity index (χ4n) is 1.77. The molecule has 0 aliphatic carbocycles. The lowest BCUT2D eigenvalue weighted by Gasteiger charge is -2.24. The molecule has 0 heterocycles. The summed E-state index contributed by atoms with van der Waals surface area (Å²) < 4.78 is 5.86. The first-order chi connectivity index (χ1) is 8.75. The molecule has 0 saturated heterocycles. The number of nitrogens with two attached hydrogens (primary N) is 1. The van der Waals surface area contributed by atoms with Crippen molar-refractivity contribution in [3.8, 4) is 5.75 Å². The summed E-state index contributed by atoms with van der Waals surface area (Å²) in [5.74, 6) is 0.924. The molecule has 1 aromatic rings. The number of ether oxygens (including phenoxy) is 1. The third-order valence-corrected chi connectivity index (χ3v) is 3.05. The zero-order valence-corrected chi connectivity index (χ0v) is 12.4. The lowest BCUT2D eigenvalue weighted by molar-refractivity contribution is 0.274. The number of hydrogen-bond acceptors (Lipinski definition) is 3. The Hall–Kier alpha value is -1.71. The van der Waals surface area contributed by atoms with E-state index in [1.54, 1.807) is 0 Å². The van der Waals surface area contributed by atoms with Crippen molar-refractivity contribution in [3.05, 3.63) is 29.3 Å². The van der Waals surface area contributed by atoms with Crippen LogP contribution in [-0.4, -0.2) is 17.6 Å². The molecule has 0 fully saturated rings. The van der Waals surface area contributed by atoms with E-state index in [4.69, 9.17) is 15.7 Å². The Labute approximate surface area is 115 Å². The van der Waals surface area contributed by atoms with E-state index in [0.717, 1.165) is 16.9 Å². The van der Waals surface area contributed by atoms with Crippen LogP contribution in [0, 0.1) is 12.8 Å². The lowest BCUT2D eigenvalue weighted by atomic mass is 9.86. The van der Waals surface area contributed by atoms with Crippen LogP contribution in [0.1, 0.15) is 38.8 Å². The minimum absolute atomic E-state index is 0.0167. The molecule has 0 bridgehead atoms. The monoisotopic (exact) mass is 264 g/mol. The lowest BCUT2D eigenvalue weighted by Crippen LogP contribution is -2.27. The van der Waals surface area contributed by atoms with E-state index in [2.05, 4.69) is 38.1 Å². The third-order valence-electron chi connectivity index (χ3n) is 3.05. The van der Waals surface area contributed by atoms with Crippen LogP contribution in [0.5, 0.6) is 5.75 Å². The Morgan fingerprint density at radius 2 is 2.05 bits per heavy atom. The zero-order valence-electron chi connectivity index (χ0n) is 12.4. The fraction of sp³-hybridized carbons (Fsp3) is 0.533. The third kappa shape index (κ3) is 4.16. The van der Waals surface area contributed by atoms with Crippen molar-refractivity contribution in [1.29, 1.82) is 0 Å². The van der Waals surface area contributed by atoms with E-state index < -0.39 is 0 Å². The van der Waals surface area contributed by atoms with Gasteiger partial charge in [0.25, 0.3) is 0 Å². The molecule has 0 aromatic heterocycles. The Kier molecular flexibility index (Phi) is 4.81. The molecule has 1 rings (SSSR count). The number of rotatable bonds is 4. The number of oxime groups is 1. The van der Waals surface area contributed by atoms with Gasteiger partial charge >= 0.3 is 0 Å². The summed E-state index contributed by atoms with van der Waals surface area (Å²) in [7, 11) is 0. The van der Waals surface area contributed by atoms with Gasteiger partial charge in [0, 0.05) is 0 Å². The van der Waals surface area contributed by atoms with Gasteiger partial charge in [-0.1, -0.05) is 45.0 Å². The largest absolute Gasteiger partial charge is 0.493 e. The van der Waals surface area contributed by atoms with Crippen molar-refractivity contribution in [2.45, 2.75) is 40.0 Å². The fourth-order valence-corrected chi connectivity index (χ4v) is 1.77. The van der Waals surface area contributed by atoms with Crippen molar-refractivity contribution in [2.24, 2.45) is 16.8 Å². The van der Waals surface area contributed by atoms with E-state index >= 15 is 0 Å². The Balaban J connectivity index is 2.91. The van der Waals surface area contributed by atoms with Gasteiger partial charge in [-0.05, 0) is 29.5 Å². The van der Waals surface area contributed by atoms with E-state index in [0.29, 0.717) is 6.61 Å². The van der Waals surface area contributed by atoms with Crippen LogP contribution in [0.2, 0.25) is 0 Å². The van der Waals surface area contributed by atoms with Gasteiger partial charge in [-0.15, -0.1) is 0 Å². The molecule has 0 aliphatic heterocycles. The number of aryl methyl sites for hydroxylation is 1. The summed E-state index contributed by atoms with van der Waals surface area (Å²) in [5.41, 5.74) is 7.88. The highest BCUT2D eigenvalue weighted by molar-refractivity contribution is 5.81. The molecule has 3 N–H and O–H groups in total. The molecule has 106 valence electrons. The van der Waals surface area contributed by atoms with E-state index in [1.807, 2.05) is 19.9 Å². The molecule has 0 spiro atoms. The molecule has 4 heteroatoms. The summed E-state index contributed by atoms with van der Waals surface area (Å²) in [6, 6.07) is 6.21.